The van der Waals surface area contributed by atoms with Crippen molar-refractivity contribution in [1.82, 2.24) is 0 Å². The monoisotopic (exact) mass is 344 g/mol. The number of halogens is 5. The van der Waals surface area contributed by atoms with Crippen molar-refractivity contribution in [1.29, 1.82) is 0 Å². The highest BCUT2D eigenvalue weighted by Crippen LogP contribution is 2.27. The molecule has 0 unspecified atom stereocenters. The Morgan fingerprint density at radius 3 is 2.63 bits per heavy atom. The van der Waals surface area contributed by atoms with Crippen molar-refractivity contribution in [3.05, 3.63) is 28.2 Å². The van der Waals surface area contributed by atoms with Crippen LogP contribution in [0.4, 0.5) is 17.6 Å². The first kappa shape index (κ1) is 15.5. The quantitative estimate of drug-likeness (QED) is 0.284. The van der Waals surface area contributed by atoms with E-state index in [1.54, 1.807) is 0 Å². The van der Waals surface area contributed by atoms with E-state index < -0.39 is 24.8 Å². The summed E-state index contributed by atoms with van der Waals surface area (Å²) in [5.74, 6) is -4.87. The third-order valence-corrected chi connectivity index (χ3v) is 2.56. The van der Waals surface area contributed by atoms with E-state index in [4.69, 9.17) is 10.9 Å². The van der Waals surface area contributed by atoms with Crippen LogP contribution >= 0.6 is 15.9 Å². The van der Waals surface area contributed by atoms with Gasteiger partial charge in [-0.25, -0.2) is 8.78 Å². The van der Waals surface area contributed by atoms with Crippen LogP contribution in [-0.2, 0) is 0 Å². The Labute approximate surface area is 114 Å². The van der Waals surface area contributed by atoms with Crippen molar-refractivity contribution in [2.75, 3.05) is 6.61 Å². The van der Waals surface area contributed by atoms with Crippen LogP contribution < -0.4 is 10.5 Å². The molecule has 0 bridgehead atoms. The molecule has 0 aliphatic carbocycles. The van der Waals surface area contributed by atoms with E-state index in [0.29, 0.717) is 4.47 Å². The molecule has 4 nitrogen and oxygen atoms in total. The van der Waals surface area contributed by atoms with Crippen LogP contribution in [0.25, 0.3) is 0 Å². The standard InChI is InChI=1S/C10H9BrF4N2O2/c11-5-1-2-7(6(3-5)8(16)17-18)19-4-10(14,15)9(12)13/h1-3,9,18H,4H2,(H2,16,17). The normalized spacial score (nSPS) is 12.8. The van der Waals surface area contributed by atoms with Crippen molar-refractivity contribution in [2.24, 2.45) is 10.9 Å². The second-order valence-electron chi connectivity index (χ2n) is 3.48. The first-order chi connectivity index (χ1) is 8.77. The minimum Gasteiger partial charge on any atom is -0.486 e. The summed E-state index contributed by atoms with van der Waals surface area (Å²) < 4.78 is 54.6. The smallest absolute Gasteiger partial charge is 0.340 e. The zero-order chi connectivity index (χ0) is 14.6. The molecule has 0 heterocycles. The van der Waals surface area contributed by atoms with Crippen LogP contribution in [-0.4, -0.2) is 30.0 Å². The molecule has 0 radical (unpaired) electrons. The molecular formula is C10H9BrF4N2O2. The number of hydrogen-bond donors (Lipinski definition) is 2. The van der Waals surface area contributed by atoms with Crippen molar-refractivity contribution >= 4 is 21.8 Å². The van der Waals surface area contributed by atoms with E-state index in [2.05, 4.69) is 25.8 Å². The molecule has 1 aromatic carbocycles. The average molecular weight is 345 g/mol. The Balaban J connectivity index is 2.96. The van der Waals surface area contributed by atoms with E-state index in [-0.39, 0.29) is 11.3 Å². The molecular weight excluding hydrogens is 336 g/mol. The van der Waals surface area contributed by atoms with Crippen LogP contribution in [0.15, 0.2) is 27.8 Å². The van der Waals surface area contributed by atoms with E-state index in [1.807, 2.05) is 0 Å². The van der Waals surface area contributed by atoms with Crippen molar-refractivity contribution in [3.63, 3.8) is 0 Å². The Morgan fingerprint density at radius 1 is 1.47 bits per heavy atom. The summed E-state index contributed by atoms with van der Waals surface area (Å²) in [5, 5.41) is 11.2. The number of nitrogens with two attached hydrogens (primary N) is 1. The van der Waals surface area contributed by atoms with Crippen LogP contribution in [0.3, 0.4) is 0 Å². The molecule has 0 fully saturated rings. The zero-order valence-electron chi connectivity index (χ0n) is 9.29. The summed E-state index contributed by atoms with van der Waals surface area (Å²) in [6.45, 7) is -1.52. The lowest BCUT2D eigenvalue weighted by Crippen LogP contribution is -2.34. The Bertz CT molecular complexity index is 483. The highest BCUT2D eigenvalue weighted by Gasteiger charge is 2.41. The van der Waals surface area contributed by atoms with Crippen molar-refractivity contribution < 1.29 is 27.5 Å². The van der Waals surface area contributed by atoms with Gasteiger partial charge in [-0.15, -0.1) is 0 Å². The van der Waals surface area contributed by atoms with Gasteiger partial charge >= 0.3 is 12.3 Å². The van der Waals surface area contributed by atoms with Gasteiger partial charge in [0.2, 0.25) is 0 Å². The van der Waals surface area contributed by atoms with Gasteiger partial charge in [0.1, 0.15) is 5.75 Å². The molecule has 0 amide bonds. The summed E-state index contributed by atoms with van der Waals surface area (Å²) >= 11 is 3.09. The molecule has 19 heavy (non-hydrogen) atoms. The number of hydrogen-bond acceptors (Lipinski definition) is 3. The van der Waals surface area contributed by atoms with Crippen LogP contribution in [0.2, 0.25) is 0 Å². The lowest BCUT2D eigenvalue weighted by Gasteiger charge is -2.17. The molecule has 1 aromatic rings. The van der Waals surface area contributed by atoms with Gasteiger partial charge in [-0.1, -0.05) is 21.1 Å². The summed E-state index contributed by atoms with van der Waals surface area (Å²) in [5.41, 5.74) is 5.33. The van der Waals surface area contributed by atoms with Gasteiger partial charge in [0.05, 0.1) is 5.56 Å². The molecule has 0 spiro atoms. The second-order valence-corrected chi connectivity index (χ2v) is 4.39. The first-order valence-electron chi connectivity index (χ1n) is 4.84. The average Bonchev–Trinajstić information content (AvgIpc) is 2.36. The summed E-state index contributed by atoms with van der Waals surface area (Å²) in [6.07, 6.45) is -3.84. The first-order valence-corrected chi connectivity index (χ1v) is 5.63. The predicted octanol–water partition coefficient (Wildman–Crippen LogP) is 2.82. The molecule has 0 aromatic heterocycles. The van der Waals surface area contributed by atoms with Crippen LogP contribution in [0.5, 0.6) is 5.75 Å². The SMILES string of the molecule is N/C(=N/O)c1cc(Br)ccc1OCC(F)(F)C(F)F. The lowest BCUT2D eigenvalue weighted by atomic mass is 10.2. The van der Waals surface area contributed by atoms with Gasteiger partial charge < -0.3 is 15.7 Å². The number of ether oxygens (including phenoxy) is 1. The van der Waals surface area contributed by atoms with Crippen molar-refractivity contribution in [3.8, 4) is 5.75 Å². The van der Waals surface area contributed by atoms with Gasteiger partial charge in [-0.2, -0.15) is 8.78 Å². The fourth-order valence-electron chi connectivity index (χ4n) is 1.12. The molecule has 0 aliphatic heterocycles. The minimum atomic E-state index is -4.28. The molecule has 0 saturated carbocycles. The third-order valence-electron chi connectivity index (χ3n) is 2.06. The Kier molecular flexibility index (Phi) is 4.98. The van der Waals surface area contributed by atoms with Crippen LogP contribution in [0, 0.1) is 0 Å². The number of nitrogens with zero attached hydrogens (tertiary/aromatic N) is 1. The van der Waals surface area contributed by atoms with Gasteiger partial charge in [0, 0.05) is 4.47 Å². The van der Waals surface area contributed by atoms with Gasteiger partial charge in [0.25, 0.3) is 0 Å². The van der Waals surface area contributed by atoms with Gasteiger partial charge in [-0.3, -0.25) is 0 Å². The lowest BCUT2D eigenvalue weighted by molar-refractivity contribution is -0.148. The summed E-state index contributed by atoms with van der Waals surface area (Å²) in [7, 11) is 0. The molecule has 3 N–H and O–H groups in total. The highest BCUT2D eigenvalue weighted by atomic mass is 79.9. The number of oxime groups is 1. The molecule has 0 saturated heterocycles. The molecule has 0 atom stereocenters. The Morgan fingerprint density at radius 2 is 2.11 bits per heavy atom. The van der Waals surface area contributed by atoms with Crippen LogP contribution in [0.1, 0.15) is 5.56 Å². The number of alkyl halides is 4. The highest BCUT2D eigenvalue weighted by molar-refractivity contribution is 9.10. The fraction of sp³-hybridized carbons (Fsp3) is 0.300. The maximum atomic E-state index is 12.7. The molecule has 106 valence electrons. The largest absolute Gasteiger partial charge is 0.486 e. The van der Waals surface area contributed by atoms with Crippen molar-refractivity contribution in [2.45, 2.75) is 12.3 Å². The molecule has 9 heteroatoms. The maximum absolute atomic E-state index is 12.7. The predicted molar refractivity (Wildman–Crippen MR) is 63.1 cm³/mol. The number of amidine groups is 1. The topological polar surface area (TPSA) is 67.8 Å². The second kappa shape index (κ2) is 6.09. The van der Waals surface area contributed by atoms with E-state index in [9.17, 15) is 17.6 Å². The fourth-order valence-corrected chi connectivity index (χ4v) is 1.48. The van der Waals surface area contributed by atoms with E-state index in [1.165, 1.54) is 18.2 Å². The van der Waals surface area contributed by atoms with Gasteiger partial charge in [0.15, 0.2) is 12.4 Å². The Hall–Kier alpha value is -1.51. The minimum absolute atomic E-state index is 0.00180. The zero-order valence-corrected chi connectivity index (χ0v) is 10.9. The summed E-state index contributed by atoms with van der Waals surface area (Å²) in [4.78, 5) is 0. The summed E-state index contributed by atoms with van der Waals surface area (Å²) in [6, 6.07) is 4.01. The van der Waals surface area contributed by atoms with Gasteiger partial charge in [-0.05, 0) is 18.2 Å². The third kappa shape index (κ3) is 3.98. The maximum Gasteiger partial charge on any atom is 0.340 e. The van der Waals surface area contributed by atoms with E-state index >= 15 is 0 Å². The number of rotatable bonds is 5. The molecule has 1 rings (SSSR count). The molecule has 0 aliphatic rings. The number of benzene rings is 1. The van der Waals surface area contributed by atoms with E-state index in [0.717, 1.165) is 0 Å².